The first-order valence-corrected chi connectivity index (χ1v) is 3.69. The van der Waals surface area contributed by atoms with Crippen LogP contribution in [0.25, 0.3) is 0 Å². The molecule has 0 fully saturated rings. The molecule has 1 N–H and O–H groups in total. The molecule has 0 aromatic rings. The zero-order valence-corrected chi connectivity index (χ0v) is 7.30. The lowest BCUT2D eigenvalue weighted by molar-refractivity contribution is -0.128. The average Bonchev–Trinajstić information content (AvgIpc) is 1.83. The van der Waals surface area contributed by atoms with E-state index in [1.165, 1.54) is 0 Å². The maximum atomic E-state index is 10.8. The van der Waals surface area contributed by atoms with Crippen molar-refractivity contribution in [1.82, 2.24) is 5.32 Å². The van der Waals surface area contributed by atoms with E-state index >= 15 is 0 Å². The van der Waals surface area contributed by atoms with Crippen LogP contribution in [0.1, 0.15) is 0 Å². The summed E-state index contributed by atoms with van der Waals surface area (Å²) in [6.07, 6.45) is 0.985. The number of imide groups is 1. The molecule has 6 heteroatoms. The number of carbonyl (C=O) groups is 2. The molecule has 3 nitrogen and oxygen atoms in total. The lowest BCUT2D eigenvalue weighted by Gasteiger charge is -2.18. The molecule has 2 amide bonds. The Kier molecular flexibility index (Phi) is 2.14. The van der Waals surface area contributed by atoms with Gasteiger partial charge in [0.05, 0.1) is 0 Å². The Morgan fingerprint density at radius 3 is 2.36 bits per heavy atom. The van der Waals surface area contributed by atoms with Crippen molar-refractivity contribution in [2.45, 2.75) is 4.33 Å². The molecular weight excluding hydrogens is 212 g/mol. The summed E-state index contributed by atoms with van der Waals surface area (Å²) in [5.74, 6) is -1.47. The molecule has 0 atom stereocenters. The molecule has 0 saturated heterocycles. The van der Waals surface area contributed by atoms with Crippen molar-refractivity contribution in [3.63, 3.8) is 0 Å². The minimum absolute atomic E-state index is 0.186. The molecule has 60 valence electrons. The van der Waals surface area contributed by atoms with Gasteiger partial charge < -0.3 is 0 Å². The van der Waals surface area contributed by atoms with E-state index in [1.54, 1.807) is 0 Å². The number of hydrogen-bond acceptors (Lipinski definition) is 2. The van der Waals surface area contributed by atoms with Gasteiger partial charge in [-0.3, -0.25) is 14.9 Å². The number of amides is 2. The monoisotopic (exact) mass is 213 g/mol. The largest absolute Gasteiger partial charge is 0.289 e. The van der Waals surface area contributed by atoms with E-state index in [2.05, 4.69) is 0 Å². The Balaban J connectivity index is 3.06. The second-order valence-corrected chi connectivity index (χ2v) is 3.69. The van der Waals surface area contributed by atoms with Gasteiger partial charge in [0.1, 0.15) is 5.03 Å². The maximum absolute atomic E-state index is 10.8. The van der Waals surface area contributed by atoms with Crippen molar-refractivity contribution in [3.05, 3.63) is 11.1 Å². The fraction of sp³-hybridized carbons (Fsp3) is 0.200. The molecule has 1 aliphatic heterocycles. The molecule has 1 rings (SSSR count). The summed E-state index contributed by atoms with van der Waals surface area (Å²) in [4.78, 5) is 21.4. The Morgan fingerprint density at radius 1 is 1.36 bits per heavy atom. The lowest BCUT2D eigenvalue weighted by Crippen LogP contribution is -2.45. The predicted molar refractivity (Wildman–Crippen MR) is 41.5 cm³/mol. The lowest BCUT2D eigenvalue weighted by atomic mass is 10.2. The minimum atomic E-state index is -1.73. The van der Waals surface area contributed by atoms with Gasteiger partial charge in [-0.25, -0.2) is 0 Å². The number of hydrogen-bond donors (Lipinski definition) is 1. The van der Waals surface area contributed by atoms with E-state index in [0.29, 0.717) is 0 Å². The highest BCUT2D eigenvalue weighted by Crippen LogP contribution is 2.28. The summed E-state index contributed by atoms with van der Waals surface area (Å²) in [5, 5.41) is 1.69. The number of nitrogens with one attached hydrogen (secondary N) is 1. The first-order valence-electron chi connectivity index (χ1n) is 2.55. The van der Waals surface area contributed by atoms with Gasteiger partial charge in [0.15, 0.2) is 0 Å². The van der Waals surface area contributed by atoms with Crippen LogP contribution in [0.2, 0.25) is 0 Å². The standard InChI is InChI=1S/C5H2Cl3NO2/c6-2-1-5(7,8)4(11)9-3(2)10/h1H,(H,9,10,11). The van der Waals surface area contributed by atoms with Crippen LogP contribution in [-0.4, -0.2) is 16.1 Å². The van der Waals surface area contributed by atoms with E-state index < -0.39 is 16.1 Å². The summed E-state index contributed by atoms with van der Waals surface area (Å²) in [5.41, 5.74) is 0. The van der Waals surface area contributed by atoms with Gasteiger partial charge in [-0.2, -0.15) is 0 Å². The molecule has 0 aromatic carbocycles. The molecule has 0 aromatic heterocycles. The predicted octanol–water partition coefficient (Wildman–Crippen LogP) is 0.939. The van der Waals surface area contributed by atoms with Crippen LogP contribution in [0.15, 0.2) is 11.1 Å². The normalized spacial score (nSPS) is 22.6. The summed E-state index contributed by atoms with van der Waals surface area (Å²) in [6.45, 7) is 0. The molecule has 1 heterocycles. The summed E-state index contributed by atoms with van der Waals surface area (Å²) >= 11 is 16.2. The third kappa shape index (κ3) is 1.67. The fourth-order valence-electron chi connectivity index (χ4n) is 0.536. The van der Waals surface area contributed by atoms with Crippen LogP contribution in [0.5, 0.6) is 0 Å². The average molecular weight is 214 g/mol. The minimum Gasteiger partial charge on any atom is -0.289 e. The quantitative estimate of drug-likeness (QED) is 0.482. The Labute approximate surface area is 77.3 Å². The van der Waals surface area contributed by atoms with Crippen molar-refractivity contribution in [2.24, 2.45) is 0 Å². The molecule has 1 aliphatic rings. The summed E-state index contributed by atoms with van der Waals surface area (Å²) < 4.78 is -1.73. The first-order chi connectivity index (χ1) is 4.93. The van der Waals surface area contributed by atoms with Gasteiger partial charge >= 0.3 is 0 Å². The third-order valence-corrected chi connectivity index (χ3v) is 1.90. The number of halogens is 3. The highest BCUT2D eigenvalue weighted by Gasteiger charge is 2.37. The van der Waals surface area contributed by atoms with E-state index in [9.17, 15) is 9.59 Å². The van der Waals surface area contributed by atoms with E-state index in [0.717, 1.165) is 6.08 Å². The molecule has 0 bridgehead atoms. The molecule has 0 aliphatic carbocycles. The van der Waals surface area contributed by atoms with E-state index in [1.807, 2.05) is 5.32 Å². The summed E-state index contributed by atoms with van der Waals surface area (Å²) in [7, 11) is 0. The molecule has 0 unspecified atom stereocenters. The van der Waals surface area contributed by atoms with Gasteiger partial charge in [-0.15, -0.1) is 0 Å². The molecule has 0 spiro atoms. The van der Waals surface area contributed by atoms with Crippen LogP contribution < -0.4 is 5.32 Å². The first kappa shape index (κ1) is 8.84. The van der Waals surface area contributed by atoms with Gasteiger partial charge in [-0.1, -0.05) is 34.8 Å². The van der Waals surface area contributed by atoms with Gasteiger partial charge in [0, 0.05) is 0 Å². The van der Waals surface area contributed by atoms with Crippen LogP contribution in [0.4, 0.5) is 0 Å². The highest BCUT2D eigenvalue weighted by molar-refractivity contribution is 6.62. The highest BCUT2D eigenvalue weighted by atomic mass is 35.5. The van der Waals surface area contributed by atoms with Crippen molar-refractivity contribution in [3.8, 4) is 0 Å². The van der Waals surface area contributed by atoms with Crippen molar-refractivity contribution >= 4 is 46.6 Å². The molecule has 0 radical (unpaired) electrons. The van der Waals surface area contributed by atoms with Crippen molar-refractivity contribution in [1.29, 1.82) is 0 Å². The van der Waals surface area contributed by atoms with Crippen LogP contribution in [0.3, 0.4) is 0 Å². The zero-order chi connectivity index (χ0) is 8.65. The van der Waals surface area contributed by atoms with Crippen LogP contribution in [0, 0.1) is 0 Å². The fourth-order valence-corrected chi connectivity index (χ4v) is 1.17. The van der Waals surface area contributed by atoms with Gasteiger partial charge in [0.2, 0.25) is 4.33 Å². The number of rotatable bonds is 0. The Hall–Kier alpha value is -0.250. The zero-order valence-electron chi connectivity index (χ0n) is 5.03. The van der Waals surface area contributed by atoms with E-state index in [4.69, 9.17) is 34.8 Å². The smallest absolute Gasteiger partial charge is 0.269 e. The second kappa shape index (κ2) is 2.66. The Morgan fingerprint density at radius 2 is 1.91 bits per heavy atom. The topological polar surface area (TPSA) is 46.2 Å². The SMILES string of the molecule is O=C1NC(=O)C(Cl)(Cl)C=C1Cl. The molecular formula is C5H2Cl3NO2. The maximum Gasteiger partial charge on any atom is 0.269 e. The second-order valence-electron chi connectivity index (χ2n) is 1.90. The molecule has 11 heavy (non-hydrogen) atoms. The van der Waals surface area contributed by atoms with Crippen molar-refractivity contribution < 1.29 is 9.59 Å². The Bertz CT molecular complexity index is 258. The molecule has 0 saturated carbocycles. The van der Waals surface area contributed by atoms with Crippen LogP contribution >= 0.6 is 34.8 Å². The summed E-state index contributed by atoms with van der Waals surface area (Å²) in [6, 6.07) is 0. The number of carbonyl (C=O) groups excluding carboxylic acids is 2. The van der Waals surface area contributed by atoms with Gasteiger partial charge in [-0.05, 0) is 6.08 Å². The van der Waals surface area contributed by atoms with E-state index in [-0.39, 0.29) is 5.03 Å². The van der Waals surface area contributed by atoms with Gasteiger partial charge in [0.25, 0.3) is 11.8 Å². The van der Waals surface area contributed by atoms with Crippen LogP contribution in [-0.2, 0) is 9.59 Å². The van der Waals surface area contributed by atoms with Crippen molar-refractivity contribution in [2.75, 3.05) is 0 Å². The third-order valence-electron chi connectivity index (χ3n) is 1.05. The number of alkyl halides is 2.